The normalized spacial score (nSPS) is 15.8. The first kappa shape index (κ1) is 22.3. The van der Waals surface area contributed by atoms with Crippen molar-refractivity contribution in [3.05, 3.63) is 64.9 Å². The number of thiazole rings is 1. The number of piperazine rings is 1. The molecule has 170 valence electrons. The van der Waals surface area contributed by atoms with Gasteiger partial charge < -0.3 is 4.90 Å². The Bertz CT molecular complexity index is 1230. The molecule has 0 aliphatic carbocycles. The highest BCUT2D eigenvalue weighted by Gasteiger charge is 2.26. The average Bonchev–Trinajstić information content (AvgIpc) is 3.49. The van der Waals surface area contributed by atoms with Crippen LogP contribution >= 0.6 is 34.7 Å². The van der Waals surface area contributed by atoms with Gasteiger partial charge in [-0.1, -0.05) is 41.6 Å². The van der Waals surface area contributed by atoms with Crippen molar-refractivity contribution in [2.75, 3.05) is 31.9 Å². The Balaban J connectivity index is 1.16. The molecule has 5 rings (SSSR count). The summed E-state index contributed by atoms with van der Waals surface area (Å²) in [6.07, 6.45) is 1.64. The molecule has 1 atom stereocenters. The maximum atomic E-state index is 12.9. The highest BCUT2D eigenvalue weighted by atomic mass is 35.5. The minimum atomic E-state index is 0.118. The molecule has 4 aromatic rings. The summed E-state index contributed by atoms with van der Waals surface area (Å²) in [5.41, 5.74) is 1.93. The van der Waals surface area contributed by atoms with Crippen LogP contribution in [-0.2, 0) is 4.79 Å². The van der Waals surface area contributed by atoms with E-state index in [1.807, 2.05) is 39.8 Å². The van der Waals surface area contributed by atoms with Crippen LogP contribution in [0.25, 0.3) is 15.9 Å². The lowest BCUT2D eigenvalue weighted by atomic mass is 10.2. The van der Waals surface area contributed by atoms with Gasteiger partial charge in [-0.05, 0) is 37.3 Å². The molecule has 1 amide bonds. The number of halogens is 1. The van der Waals surface area contributed by atoms with E-state index in [0.29, 0.717) is 15.9 Å². The monoisotopic (exact) mass is 498 g/mol. The molecule has 10 heteroatoms. The number of hydrogen-bond acceptors (Lipinski definition) is 7. The van der Waals surface area contributed by atoms with E-state index in [1.54, 1.807) is 17.7 Å². The number of nitrogens with zero attached hydrogens (tertiary/aromatic N) is 6. The topological polar surface area (TPSA) is 67.2 Å². The van der Waals surface area contributed by atoms with Crippen molar-refractivity contribution < 1.29 is 4.79 Å². The molecule has 0 N–H and O–H groups in total. The number of carbonyl (C=O) groups is 1. The number of thioether (sulfide) groups is 1. The number of hydrogen-bond donors (Lipinski definition) is 0. The van der Waals surface area contributed by atoms with Gasteiger partial charge in [0, 0.05) is 31.2 Å². The van der Waals surface area contributed by atoms with Crippen LogP contribution in [0.2, 0.25) is 5.02 Å². The summed E-state index contributed by atoms with van der Waals surface area (Å²) in [6, 6.07) is 16.0. The third-order valence-corrected chi connectivity index (χ3v) is 8.18. The van der Waals surface area contributed by atoms with Gasteiger partial charge in [0.1, 0.15) is 11.3 Å². The van der Waals surface area contributed by atoms with Gasteiger partial charge in [0.25, 0.3) is 0 Å². The molecule has 0 spiro atoms. The first-order valence-electron chi connectivity index (χ1n) is 10.7. The molecule has 0 saturated carbocycles. The van der Waals surface area contributed by atoms with Crippen LogP contribution in [0.5, 0.6) is 0 Å². The van der Waals surface area contributed by atoms with E-state index in [0.717, 1.165) is 42.4 Å². The quantitative estimate of drug-likeness (QED) is 0.364. The Labute approximate surface area is 205 Å². The van der Waals surface area contributed by atoms with Crippen LogP contribution in [0.4, 0.5) is 0 Å². The fourth-order valence-electron chi connectivity index (χ4n) is 3.93. The summed E-state index contributed by atoms with van der Waals surface area (Å²) in [4.78, 5) is 22.0. The maximum absolute atomic E-state index is 12.9. The van der Waals surface area contributed by atoms with Crippen molar-refractivity contribution in [1.29, 1.82) is 0 Å². The lowest BCUT2D eigenvalue weighted by molar-refractivity contribution is -0.130. The predicted octanol–water partition coefficient (Wildman–Crippen LogP) is 4.53. The number of para-hydroxylation sites is 1. The van der Waals surface area contributed by atoms with Gasteiger partial charge >= 0.3 is 0 Å². The van der Waals surface area contributed by atoms with Crippen molar-refractivity contribution >= 4 is 50.8 Å². The lowest BCUT2D eigenvalue weighted by Gasteiger charge is -2.37. The summed E-state index contributed by atoms with van der Waals surface area (Å²) in [7, 11) is 0. The van der Waals surface area contributed by atoms with E-state index in [2.05, 4.69) is 40.2 Å². The summed E-state index contributed by atoms with van der Waals surface area (Å²) in [5.74, 6) is 0.445. The number of fused-ring (bicyclic) bond motifs is 1. The molecule has 2 aromatic heterocycles. The molecular formula is C23H23ClN6OS2. The highest BCUT2D eigenvalue weighted by molar-refractivity contribution is 7.99. The molecule has 1 saturated heterocycles. The average molecular weight is 499 g/mol. The predicted molar refractivity (Wildman–Crippen MR) is 133 cm³/mol. The standard InChI is InChI=1S/C23H23ClN6OS2/c1-16(22-26-19-7-2-3-8-20(19)33-22)28-9-11-29(12-10-28)21(31)14-32-23-27-25-15-30(23)18-6-4-5-17(24)13-18/h2-8,13,15-16H,9-12,14H2,1H3/t16-/m0/s1. The molecule has 1 aliphatic rings. The Hall–Kier alpha value is -2.46. The van der Waals surface area contributed by atoms with Gasteiger partial charge in [0.15, 0.2) is 5.16 Å². The third kappa shape index (κ3) is 4.91. The van der Waals surface area contributed by atoms with Crippen molar-refractivity contribution in [3.8, 4) is 5.69 Å². The largest absolute Gasteiger partial charge is 0.339 e. The van der Waals surface area contributed by atoms with Crippen molar-refractivity contribution in [2.45, 2.75) is 18.1 Å². The molecule has 0 bridgehead atoms. The number of rotatable bonds is 6. The lowest BCUT2D eigenvalue weighted by Crippen LogP contribution is -2.49. The van der Waals surface area contributed by atoms with Crippen LogP contribution < -0.4 is 0 Å². The van der Waals surface area contributed by atoms with E-state index in [4.69, 9.17) is 16.6 Å². The minimum Gasteiger partial charge on any atom is -0.339 e. The van der Waals surface area contributed by atoms with E-state index < -0.39 is 0 Å². The number of aromatic nitrogens is 4. The number of benzene rings is 2. The molecule has 1 fully saturated rings. The van der Waals surface area contributed by atoms with Gasteiger partial charge in [0.05, 0.1) is 27.7 Å². The molecule has 3 heterocycles. The van der Waals surface area contributed by atoms with Gasteiger partial charge in [0.2, 0.25) is 5.91 Å². The Morgan fingerprint density at radius 2 is 1.97 bits per heavy atom. The van der Waals surface area contributed by atoms with E-state index in [-0.39, 0.29) is 11.9 Å². The van der Waals surface area contributed by atoms with Gasteiger partial charge in [-0.15, -0.1) is 21.5 Å². The molecule has 33 heavy (non-hydrogen) atoms. The fraction of sp³-hybridized carbons (Fsp3) is 0.304. The molecule has 2 aromatic carbocycles. The van der Waals surface area contributed by atoms with E-state index >= 15 is 0 Å². The highest BCUT2D eigenvalue weighted by Crippen LogP contribution is 2.30. The summed E-state index contributed by atoms with van der Waals surface area (Å²) in [6.45, 7) is 5.32. The van der Waals surface area contributed by atoms with Crippen LogP contribution in [0.15, 0.2) is 60.0 Å². The zero-order valence-corrected chi connectivity index (χ0v) is 20.5. The summed E-state index contributed by atoms with van der Waals surface area (Å²) in [5, 5.41) is 10.6. The first-order chi connectivity index (χ1) is 16.1. The zero-order valence-electron chi connectivity index (χ0n) is 18.1. The summed E-state index contributed by atoms with van der Waals surface area (Å²) < 4.78 is 3.07. The molecule has 1 aliphatic heterocycles. The molecule has 0 radical (unpaired) electrons. The molecule has 0 unspecified atom stereocenters. The maximum Gasteiger partial charge on any atom is 0.233 e. The number of amides is 1. The van der Waals surface area contributed by atoms with E-state index in [9.17, 15) is 4.79 Å². The number of carbonyl (C=O) groups excluding carboxylic acids is 1. The fourth-order valence-corrected chi connectivity index (χ4v) is 6.00. The zero-order chi connectivity index (χ0) is 22.8. The third-order valence-electron chi connectivity index (χ3n) is 5.81. The SMILES string of the molecule is C[C@@H](c1nc2ccccc2s1)N1CCN(C(=O)CSc2nncn2-c2cccc(Cl)c2)CC1. The van der Waals surface area contributed by atoms with Gasteiger partial charge in [-0.25, -0.2) is 4.98 Å². The van der Waals surface area contributed by atoms with Crippen LogP contribution in [-0.4, -0.2) is 67.4 Å². The van der Waals surface area contributed by atoms with Crippen molar-refractivity contribution in [2.24, 2.45) is 0 Å². The molecule has 7 nitrogen and oxygen atoms in total. The second-order valence-electron chi connectivity index (χ2n) is 7.86. The second-order valence-corrected chi connectivity index (χ2v) is 10.3. The van der Waals surface area contributed by atoms with Gasteiger partial charge in [-0.2, -0.15) is 0 Å². The minimum absolute atomic E-state index is 0.118. The summed E-state index contributed by atoms with van der Waals surface area (Å²) >= 11 is 9.26. The Kier molecular flexibility index (Phi) is 6.64. The van der Waals surface area contributed by atoms with E-state index in [1.165, 1.54) is 16.5 Å². The van der Waals surface area contributed by atoms with Gasteiger partial charge in [-0.3, -0.25) is 14.3 Å². The second kappa shape index (κ2) is 9.80. The molecular weight excluding hydrogens is 476 g/mol. The Morgan fingerprint density at radius 1 is 1.15 bits per heavy atom. The smallest absolute Gasteiger partial charge is 0.233 e. The first-order valence-corrected chi connectivity index (χ1v) is 12.9. The van der Waals surface area contributed by atoms with Crippen LogP contribution in [0.1, 0.15) is 18.0 Å². The van der Waals surface area contributed by atoms with Crippen molar-refractivity contribution in [1.82, 2.24) is 29.5 Å². The Morgan fingerprint density at radius 3 is 2.76 bits per heavy atom. The van der Waals surface area contributed by atoms with Crippen molar-refractivity contribution in [3.63, 3.8) is 0 Å². The van der Waals surface area contributed by atoms with Crippen LogP contribution in [0.3, 0.4) is 0 Å². The van der Waals surface area contributed by atoms with Crippen LogP contribution in [0, 0.1) is 0 Å².